The van der Waals surface area contributed by atoms with Crippen LogP contribution >= 0.6 is 0 Å². The molecule has 1 aliphatic rings. The number of hydrogen-bond acceptors (Lipinski definition) is 6. The summed E-state index contributed by atoms with van der Waals surface area (Å²) in [5.74, 6) is 5.81. The number of fused-ring (bicyclic) bond motifs is 1. The number of carbonyl (C=O) groups excluding carboxylic acids is 2. The second kappa shape index (κ2) is 9.99. The molecule has 0 bridgehead atoms. The molecule has 180 valence electrons. The predicted molar refractivity (Wildman–Crippen MR) is 130 cm³/mol. The van der Waals surface area contributed by atoms with Gasteiger partial charge in [-0.3, -0.25) is 14.7 Å². The molecule has 3 N–H and O–H groups in total. The second-order valence-corrected chi connectivity index (χ2v) is 8.68. The number of benzene rings is 2. The fourth-order valence-electron chi connectivity index (χ4n) is 3.62. The first-order valence-corrected chi connectivity index (χ1v) is 11.3. The van der Waals surface area contributed by atoms with Gasteiger partial charge in [-0.2, -0.15) is 0 Å². The van der Waals surface area contributed by atoms with E-state index in [1.165, 1.54) is 0 Å². The monoisotopic (exact) mass is 473 g/mol. The number of aromatic nitrogens is 3. The molecule has 1 aromatic heterocycles. The van der Waals surface area contributed by atoms with Gasteiger partial charge in [0.1, 0.15) is 29.8 Å². The van der Waals surface area contributed by atoms with Crippen molar-refractivity contribution in [1.82, 2.24) is 20.5 Å². The van der Waals surface area contributed by atoms with Crippen LogP contribution in [-0.2, 0) is 11.2 Å². The summed E-state index contributed by atoms with van der Waals surface area (Å²) in [6.07, 6.45) is 0.504. The number of likely N-dealkylation sites (N-methyl/N-ethyl adjacent to an activating group) is 1. The number of carbonyl (C=O) groups is 2. The third kappa shape index (κ3) is 5.86. The lowest BCUT2D eigenvalue weighted by atomic mass is 10.1. The molecule has 2 aromatic carbocycles. The van der Waals surface area contributed by atoms with E-state index in [1.807, 2.05) is 37.3 Å². The van der Waals surface area contributed by atoms with Crippen LogP contribution in [0.4, 0.5) is 5.69 Å². The quantitative estimate of drug-likeness (QED) is 0.488. The summed E-state index contributed by atoms with van der Waals surface area (Å²) in [5.41, 5.74) is 1.08. The van der Waals surface area contributed by atoms with Gasteiger partial charge in [-0.1, -0.05) is 42.2 Å². The van der Waals surface area contributed by atoms with Gasteiger partial charge in [0.15, 0.2) is 0 Å². The Morgan fingerprint density at radius 1 is 1.29 bits per heavy atom. The highest BCUT2D eigenvalue weighted by molar-refractivity contribution is 6.02. The molecule has 4 rings (SSSR count). The molecule has 0 unspecified atom stereocenters. The van der Waals surface area contributed by atoms with Crippen molar-refractivity contribution in [3.05, 3.63) is 71.3 Å². The largest absolute Gasteiger partial charge is 0.489 e. The standard InChI is InChI=1S/C26H27N5O4/c1-4-31-20-14-18(12-13-26(2,3)34)10-11-21(20)35-16-19(25(31)33)27-24(32)23-28-22(29-30-23)15-17-8-6-5-7-9-17/h5-11,14,19,34H,4,15-16H2,1-3H3,(H,27,32)(H,28,29,30)/t19-/m1/s1. The van der Waals surface area contributed by atoms with Crippen LogP contribution in [0.2, 0.25) is 0 Å². The molecule has 0 radical (unpaired) electrons. The minimum atomic E-state index is -1.14. The smallest absolute Gasteiger partial charge is 0.291 e. The Hall–Kier alpha value is -4.16. The first kappa shape index (κ1) is 24.0. The third-order valence-electron chi connectivity index (χ3n) is 5.30. The second-order valence-electron chi connectivity index (χ2n) is 8.68. The minimum absolute atomic E-state index is 0.0376. The van der Waals surface area contributed by atoms with Crippen molar-refractivity contribution in [3.63, 3.8) is 0 Å². The molecule has 2 heterocycles. The summed E-state index contributed by atoms with van der Waals surface area (Å²) in [5, 5.41) is 19.4. The highest BCUT2D eigenvalue weighted by Crippen LogP contribution is 2.32. The zero-order chi connectivity index (χ0) is 25.0. The minimum Gasteiger partial charge on any atom is -0.489 e. The van der Waals surface area contributed by atoms with Crippen LogP contribution in [-0.4, -0.2) is 56.9 Å². The van der Waals surface area contributed by atoms with Crippen molar-refractivity contribution in [2.24, 2.45) is 0 Å². The summed E-state index contributed by atoms with van der Waals surface area (Å²) in [6.45, 7) is 5.36. The molecule has 0 aliphatic carbocycles. The van der Waals surface area contributed by atoms with Crippen LogP contribution in [0.5, 0.6) is 5.75 Å². The van der Waals surface area contributed by atoms with Crippen LogP contribution in [0.3, 0.4) is 0 Å². The van der Waals surface area contributed by atoms with E-state index in [9.17, 15) is 14.7 Å². The van der Waals surface area contributed by atoms with Crippen LogP contribution < -0.4 is 15.0 Å². The SMILES string of the molecule is CCN1C(=O)[C@H](NC(=O)c2n[nH]c(Cc3ccccc3)n2)COc2ccc(C#CC(C)(C)O)cc21. The molecule has 1 atom stereocenters. The number of amides is 2. The Bertz CT molecular complexity index is 1280. The number of rotatable bonds is 5. The summed E-state index contributed by atoms with van der Waals surface area (Å²) >= 11 is 0. The van der Waals surface area contributed by atoms with E-state index in [0.29, 0.717) is 35.8 Å². The van der Waals surface area contributed by atoms with E-state index in [1.54, 1.807) is 36.9 Å². The number of hydrogen-bond donors (Lipinski definition) is 3. The van der Waals surface area contributed by atoms with Gasteiger partial charge < -0.3 is 20.1 Å². The van der Waals surface area contributed by atoms with Gasteiger partial charge in [0, 0.05) is 18.5 Å². The van der Waals surface area contributed by atoms with E-state index in [-0.39, 0.29) is 18.3 Å². The Morgan fingerprint density at radius 3 is 2.77 bits per heavy atom. The Labute approximate surface area is 203 Å². The number of aromatic amines is 1. The third-order valence-corrected chi connectivity index (χ3v) is 5.30. The van der Waals surface area contributed by atoms with Crippen LogP contribution in [0.1, 0.15) is 48.3 Å². The van der Waals surface area contributed by atoms with E-state index >= 15 is 0 Å². The summed E-state index contributed by atoms with van der Waals surface area (Å²) < 4.78 is 5.86. The van der Waals surface area contributed by atoms with Gasteiger partial charge in [0.25, 0.3) is 11.8 Å². The number of aliphatic hydroxyl groups is 1. The highest BCUT2D eigenvalue weighted by Gasteiger charge is 2.33. The van der Waals surface area contributed by atoms with E-state index in [2.05, 4.69) is 32.3 Å². The Morgan fingerprint density at radius 2 is 2.06 bits per heavy atom. The maximum Gasteiger partial charge on any atom is 0.291 e. The molecule has 1 aliphatic heterocycles. The van der Waals surface area contributed by atoms with Crippen molar-refractivity contribution >= 4 is 17.5 Å². The number of nitrogens with one attached hydrogen (secondary N) is 2. The van der Waals surface area contributed by atoms with Crippen molar-refractivity contribution in [3.8, 4) is 17.6 Å². The summed E-state index contributed by atoms with van der Waals surface area (Å²) in [6, 6.07) is 14.0. The van der Waals surface area contributed by atoms with Crippen molar-refractivity contribution < 1.29 is 19.4 Å². The zero-order valence-electron chi connectivity index (χ0n) is 19.8. The van der Waals surface area contributed by atoms with E-state index in [4.69, 9.17) is 4.74 Å². The predicted octanol–water partition coefficient (Wildman–Crippen LogP) is 2.06. The molecular formula is C26H27N5O4. The molecule has 9 heteroatoms. The number of nitrogens with zero attached hydrogens (tertiary/aromatic N) is 3. The molecule has 2 amide bonds. The number of H-pyrrole nitrogens is 1. The average Bonchev–Trinajstić information content (AvgIpc) is 3.25. The number of anilines is 1. The van der Waals surface area contributed by atoms with Gasteiger partial charge in [-0.25, -0.2) is 4.98 Å². The molecule has 0 saturated carbocycles. The Kier molecular flexibility index (Phi) is 6.85. The normalized spacial score (nSPS) is 15.4. The Balaban J connectivity index is 1.49. The first-order valence-electron chi connectivity index (χ1n) is 11.3. The van der Waals surface area contributed by atoms with Gasteiger partial charge in [-0.05, 0) is 44.5 Å². The lowest BCUT2D eigenvalue weighted by Crippen LogP contribution is -2.50. The van der Waals surface area contributed by atoms with Crippen molar-refractivity contribution in [2.75, 3.05) is 18.1 Å². The van der Waals surface area contributed by atoms with Gasteiger partial charge >= 0.3 is 0 Å². The van der Waals surface area contributed by atoms with Gasteiger partial charge in [-0.15, -0.1) is 5.10 Å². The fourth-order valence-corrected chi connectivity index (χ4v) is 3.62. The molecular weight excluding hydrogens is 446 g/mol. The topological polar surface area (TPSA) is 120 Å². The molecule has 9 nitrogen and oxygen atoms in total. The zero-order valence-corrected chi connectivity index (χ0v) is 19.8. The molecule has 35 heavy (non-hydrogen) atoms. The maximum atomic E-state index is 13.3. The molecule has 0 fully saturated rings. The van der Waals surface area contributed by atoms with Crippen LogP contribution in [0.15, 0.2) is 48.5 Å². The summed E-state index contributed by atoms with van der Waals surface area (Å²) in [4.78, 5) is 31.9. The average molecular weight is 474 g/mol. The summed E-state index contributed by atoms with van der Waals surface area (Å²) in [7, 11) is 0. The van der Waals surface area contributed by atoms with E-state index in [0.717, 1.165) is 5.56 Å². The first-order chi connectivity index (χ1) is 16.7. The van der Waals surface area contributed by atoms with Crippen LogP contribution in [0.25, 0.3) is 0 Å². The maximum absolute atomic E-state index is 13.3. The van der Waals surface area contributed by atoms with Gasteiger partial charge in [0.05, 0.1) is 5.69 Å². The van der Waals surface area contributed by atoms with Crippen molar-refractivity contribution in [2.45, 2.75) is 38.8 Å². The highest BCUT2D eigenvalue weighted by atomic mass is 16.5. The fraction of sp³-hybridized carbons (Fsp3) is 0.308. The van der Waals surface area contributed by atoms with Crippen molar-refractivity contribution in [1.29, 1.82) is 0 Å². The molecule has 0 saturated heterocycles. The lowest BCUT2D eigenvalue weighted by molar-refractivity contribution is -0.120. The van der Waals surface area contributed by atoms with Gasteiger partial charge in [0.2, 0.25) is 5.82 Å². The number of ether oxygens (including phenoxy) is 1. The lowest BCUT2D eigenvalue weighted by Gasteiger charge is -2.23. The molecule has 3 aromatic rings. The molecule has 0 spiro atoms. The van der Waals surface area contributed by atoms with Crippen LogP contribution in [0, 0.1) is 11.8 Å². The van der Waals surface area contributed by atoms with E-state index < -0.39 is 17.6 Å².